The van der Waals surface area contributed by atoms with Gasteiger partial charge in [-0.25, -0.2) is 4.68 Å². The summed E-state index contributed by atoms with van der Waals surface area (Å²) in [5.41, 5.74) is 5.95. The number of rotatable bonds is 6. The van der Waals surface area contributed by atoms with E-state index in [9.17, 15) is 4.79 Å². The van der Waals surface area contributed by atoms with E-state index < -0.39 is 0 Å². The predicted molar refractivity (Wildman–Crippen MR) is 112 cm³/mol. The van der Waals surface area contributed by atoms with E-state index in [0.29, 0.717) is 6.54 Å². The summed E-state index contributed by atoms with van der Waals surface area (Å²) in [5.74, 6) is 0.584. The molecule has 144 valence electrons. The molecule has 1 amide bonds. The molecular weight excluding hydrogens is 350 g/mol. The molecule has 5 nitrogen and oxygen atoms in total. The quantitative estimate of drug-likeness (QED) is 0.659. The zero-order valence-corrected chi connectivity index (χ0v) is 16.7. The zero-order chi connectivity index (χ0) is 20.1. The normalized spacial score (nSPS) is 11.0. The van der Waals surface area contributed by atoms with Gasteiger partial charge in [0.2, 0.25) is 5.91 Å². The Bertz CT molecular complexity index is 1000. The number of aryl methyl sites for hydroxylation is 2. The molecule has 1 aromatic heterocycles. The lowest BCUT2D eigenvalue weighted by molar-refractivity contribution is -0.116. The third-order valence-corrected chi connectivity index (χ3v) is 4.68. The zero-order valence-electron chi connectivity index (χ0n) is 16.7. The number of amides is 1. The van der Waals surface area contributed by atoms with Gasteiger partial charge in [0.05, 0.1) is 18.5 Å². The minimum atomic E-state index is -0.158. The summed E-state index contributed by atoms with van der Waals surface area (Å²) in [6.07, 6.45) is 3.30. The first-order chi connectivity index (χ1) is 13.5. The second kappa shape index (κ2) is 8.57. The Morgan fingerprint density at radius 1 is 1.14 bits per heavy atom. The molecule has 1 N–H and O–H groups in total. The van der Waals surface area contributed by atoms with Crippen molar-refractivity contribution in [3.8, 4) is 11.4 Å². The molecule has 0 saturated heterocycles. The van der Waals surface area contributed by atoms with Crippen LogP contribution in [0.2, 0.25) is 0 Å². The first-order valence-electron chi connectivity index (χ1n) is 9.20. The maximum absolute atomic E-state index is 12.3. The number of carbonyl (C=O) groups excluding carboxylic acids is 1. The monoisotopic (exact) mass is 375 g/mol. The number of aromatic nitrogens is 2. The van der Waals surface area contributed by atoms with Crippen molar-refractivity contribution in [1.29, 1.82) is 0 Å². The van der Waals surface area contributed by atoms with Gasteiger partial charge in [-0.3, -0.25) is 4.79 Å². The molecule has 0 fully saturated rings. The van der Waals surface area contributed by atoms with Crippen LogP contribution in [0.5, 0.6) is 5.75 Å². The van der Waals surface area contributed by atoms with Gasteiger partial charge in [-0.2, -0.15) is 5.10 Å². The molecule has 28 heavy (non-hydrogen) atoms. The van der Waals surface area contributed by atoms with Crippen LogP contribution in [0.4, 0.5) is 0 Å². The number of hydrogen-bond acceptors (Lipinski definition) is 3. The number of ether oxygens (including phenoxy) is 1. The molecule has 0 bridgehead atoms. The number of carbonyl (C=O) groups is 1. The van der Waals surface area contributed by atoms with E-state index in [1.165, 1.54) is 6.08 Å². The SMILES string of the molecule is COc1ccc(C)cc1/C=C/C(=O)NCc1c(C)nn(-c2ccccc2)c1C. The summed E-state index contributed by atoms with van der Waals surface area (Å²) >= 11 is 0. The van der Waals surface area contributed by atoms with E-state index in [1.54, 1.807) is 13.2 Å². The number of nitrogens with one attached hydrogen (secondary N) is 1. The van der Waals surface area contributed by atoms with Crippen molar-refractivity contribution in [2.45, 2.75) is 27.3 Å². The van der Waals surface area contributed by atoms with E-state index in [0.717, 1.165) is 39.5 Å². The lowest BCUT2D eigenvalue weighted by Crippen LogP contribution is -2.21. The minimum absolute atomic E-state index is 0.158. The molecule has 0 atom stereocenters. The van der Waals surface area contributed by atoms with E-state index >= 15 is 0 Å². The molecule has 0 saturated carbocycles. The number of methoxy groups -OCH3 is 1. The average molecular weight is 375 g/mol. The van der Waals surface area contributed by atoms with Gasteiger partial charge >= 0.3 is 0 Å². The Morgan fingerprint density at radius 3 is 2.61 bits per heavy atom. The van der Waals surface area contributed by atoms with Crippen LogP contribution in [0.1, 0.15) is 28.1 Å². The van der Waals surface area contributed by atoms with Crippen molar-refractivity contribution in [3.63, 3.8) is 0 Å². The van der Waals surface area contributed by atoms with Gasteiger partial charge in [-0.05, 0) is 51.1 Å². The van der Waals surface area contributed by atoms with Gasteiger partial charge in [0.15, 0.2) is 0 Å². The Labute approximate surface area is 165 Å². The van der Waals surface area contributed by atoms with Crippen LogP contribution in [0, 0.1) is 20.8 Å². The summed E-state index contributed by atoms with van der Waals surface area (Å²) in [6.45, 7) is 6.41. The highest BCUT2D eigenvalue weighted by Gasteiger charge is 2.13. The third kappa shape index (κ3) is 4.31. The van der Waals surface area contributed by atoms with Crippen LogP contribution in [-0.2, 0) is 11.3 Å². The Kier molecular flexibility index (Phi) is 5.94. The highest BCUT2D eigenvalue weighted by atomic mass is 16.5. The molecule has 0 aliphatic rings. The highest BCUT2D eigenvalue weighted by molar-refractivity contribution is 5.92. The van der Waals surface area contributed by atoms with Gasteiger partial charge in [0.1, 0.15) is 5.75 Å². The second-order valence-corrected chi connectivity index (χ2v) is 6.69. The maximum Gasteiger partial charge on any atom is 0.244 e. The Balaban J connectivity index is 1.70. The number of para-hydroxylation sites is 1. The van der Waals surface area contributed by atoms with Crippen molar-refractivity contribution in [2.75, 3.05) is 7.11 Å². The first kappa shape index (κ1) is 19.4. The molecule has 1 heterocycles. The molecule has 0 spiro atoms. The van der Waals surface area contributed by atoms with Crippen molar-refractivity contribution >= 4 is 12.0 Å². The molecule has 0 radical (unpaired) electrons. The lowest BCUT2D eigenvalue weighted by Gasteiger charge is -2.07. The fourth-order valence-electron chi connectivity index (χ4n) is 3.14. The largest absolute Gasteiger partial charge is 0.496 e. The van der Waals surface area contributed by atoms with Gasteiger partial charge in [0.25, 0.3) is 0 Å². The number of hydrogen-bond donors (Lipinski definition) is 1. The van der Waals surface area contributed by atoms with E-state index in [-0.39, 0.29) is 5.91 Å². The van der Waals surface area contributed by atoms with E-state index in [2.05, 4.69) is 10.4 Å². The molecule has 0 aliphatic heterocycles. The topological polar surface area (TPSA) is 56.1 Å². The summed E-state index contributed by atoms with van der Waals surface area (Å²) in [6, 6.07) is 15.8. The molecule has 2 aromatic carbocycles. The van der Waals surface area contributed by atoms with Crippen LogP contribution in [0.15, 0.2) is 54.6 Å². The molecule has 3 rings (SSSR count). The highest BCUT2D eigenvalue weighted by Crippen LogP contribution is 2.21. The number of nitrogens with zero attached hydrogens (tertiary/aromatic N) is 2. The molecule has 0 unspecified atom stereocenters. The molecule has 5 heteroatoms. The average Bonchev–Trinajstić information content (AvgIpc) is 2.99. The third-order valence-electron chi connectivity index (χ3n) is 4.68. The van der Waals surface area contributed by atoms with Crippen LogP contribution in [0.3, 0.4) is 0 Å². The summed E-state index contributed by atoms with van der Waals surface area (Å²) in [4.78, 5) is 12.3. The standard InChI is InChI=1S/C23H25N3O2/c1-16-10-12-22(28-4)19(14-16)11-13-23(27)24-15-21-17(2)25-26(18(21)3)20-8-6-5-7-9-20/h5-14H,15H2,1-4H3,(H,24,27)/b13-11+. The Hall–Kier alpha value is -3.34. The molecular formula is C23H25N3O2. The summed E-state index contributed by atoms with van der Waals surface area (Å²) < 4.78 is 7.25. The van der Waals surface area contributed by atoms with Crippen molar-refractivity contribution in [1.82, 2.24) is 15.1 Å². The Morgan fingerprint density at radius 2 is 1.89 bits per heavy atom. The van der Waals surface area contributed by atoms with Gasteiger partial charge in [-0.15, -0.1) is 0 Å². The maximum atomic E-state index is 12.3. The predicted octanol–water partition coefficient (Wildman–Crippen LogP) is 4.14. The van der Waals surface area contributed by atoms with Crippen LogP contribution < -0.4 is 10.1 Å². The van der Waals surface area contributed by atoms with E-state index in [4.69, 9.17) is 4.74 Å². The molecule has 0 aliphatic carbocycles. The summed E-state index contributed by atoms with van der Waals surface area (Å²) in [5, 5.41) is 7.56. The van der Waals surface area contributed by atoms with Crippen molar-refractivity contribution in [3.05, 3.63) is 82.7 Å². The fraction of sp³-hybridized carbons (Fsp3) is 0.217. The second-order valence-electron chi connectivity index (χ2n) is 6.69. The van der Waals surface area contributed by atoms with Gasteiger partial charge in [-0.1, -0.05) is 29.8 Å². The van der Waals surface area contributed by atoms with Crippen LogP contribution >= 0.6 is 0 Å². The molecule has 3 aromatic rings. The smallest absolute Gasteiger partial charge is 0.244 e. The van der Waals surface area contributed by atoms with E-state index in [1.807, 2.05) is 74.0 Å². The minimum Gasteiger partial charge on any atom is -0.496 e. The van der Waals surface area contributed by atoms with Crippen LogP contribution in [-0.4, -0.2) is 22.8 Å². The van der Waals surface area contributed by atoms with Crippen molar-refractivity contribution < 1.29 is 9.53 Å². The lowest BCUT2D eigenvalue weighted by atomic mass is 10.1. The van der Waals surface area contributed by atoms with Crippen molar-refractivity contribution in [2.24, 2.45) is 0 Å². The summed E-state index contributed by atoms with van der Waals surface area (Å²) in [7, 11) is 1.62. The number of benzene rings is 2. The van der Waals surface area contributed by atoms with Gasteiger partial charge in [0, 0.05) is 29.4 Å². The van der Waals surface area contributed by atoms with Crippen LogP contribution in [0.25, 0.3) is 11.8 Å². The fourth-order valence-corrected chi connectivity index (χ4v) is 3.14. The first-order valence-corrected chi connectivity index (χ1v) is 9.20. The van der Waals surface area contributed by atoms with Gasteiger partial charge < -0.3 is 10.1 Å².